The first-order valence-corrected chi connectivity index (χ1v) is 21.3. The predicted octanol–water partition coefficient (Wildman–Crippen LogP) is 12.1. The van der Waals surface area contributed by atoms with E-state index < -0.39 is 26.5 Å². The van der Waals surface area contributed by atoms with Gasteiger partial charge in [-0.3, -0.25) is 18.6 Å². The van der Waals surface area contributed by atoms with Crippen LogP contribution >= 0.6 is 7.82 Å². The molecule has 0 rings (SSSR count). The molecule has 2 atom stereocenters. The van der Waals surface area contributed by atoms with E-state index in [0.29, 0.717) is 6.42 Å². The number of unbranched alkanes of at least 4 members (excludes halogenated alkanes) is 18. The van der Waals surface area contributed by atoms with Gasteiger partial charge >= 0.3 is 19.8 Å². The number of hydrogen-bond donors (Lipinski definition) is 1. The van der Waals surface area contributed by atoms with Gasteiger partial charge in [0, 0.05) is 12.8 Å². The van der Waals surface area contributed by atoms with Gasteiger partial charge in [0.2, 0.25) is 0 Å². The molecule has 49 heavy (non-hydrogen) atoms. The molecule has 0 bridgehead atoms. The van der Waals surface area contributed by atoms with Gasteiger partial charge in [0.05, 0.1) is 13.2 Å². The molecule has 0 saturated heterocycles. The Bertz CT molecular complexity index is 901. The highest BCUT2D eigenvalue weighted by Gasteiger charge is 2.25. The van der Waals surface area contributed by atoms with E-state index >= 15 is 0 Å². The summed E-state index contributed by atoms with van der Waals surface area (Å²) < 4.78 is 32.5. The van der Waals surface area contributed by atoms with E-state index in [1.54, 1.807) is 6.92 Å². The lowest BCUT2D eigenvalue weighted by atomic mass is 10.1. The standard InChI is InChI=1S/C40H73O8P/c1-4-7-9-11-13-15-17-19-20-21-23-25-27-29-31-33-35-40(42)48-38(37-47-49(43,44)46-6-3)36-45-39(41)34-32-30-28-26-24-22-18-16-14-12-10-8-5-2/h15-18,20-21,38H,4-14,19,22-37H2,1-3H3,(H,43,44)/b17-15-,18-16-,21-20-. The van der Waals surface area contributed by atoms with Crippen LogP contribution in [0.1, 0.15) is 181 Å². The van der Waals surface area contributed by atoms with Gasteiger partial charge in [0.15, 0.2) is 6.10 Å². The fraction of sp³-hybridized carbons (Fsp3) is 0.800. The lowest BCUT2D eigenvalue weighted by Gasteiger charge is -2.19. The van der Waals surface area contributed by atoms with Gasteiger partial charge in [-0.15, -0.1) is 0 Å². The Balaban J connectivity index is 4.18. The van der Waals surface area contributed by atoms with Crippen molar-refractivity contribution in [2.24, 2.45) is 0 Å². The number of esters is 2. The van der Waals surface area contributed by atoms with E-state index in [-0.39, 0.29) is 32.0 Å². The van der Waals surface area contributed by atoms with E-state index in [2.05, 4.69) is 50.3 Å². The van der Waals surface area contributed by atoms with E-state index in [4.69, 9.17) is 18.5 Å². The van der Waals surface area contributed by atoms with Crippen LogP contribution in [-0.4, -0.2) is 42.8 Å². The van der Waals surface area contributed by atoms with Crippen LogP contribution in [0.5, 0.6) is 0 Å². The Morgan fingerprint density at radius 3 is 1.47 bits per heavy atom. The number of carbonyl (C=O) groups excluding carboxylic acids is 2. The number of hydrogen-bond acceptors (Lipinski definition) is 7. The van der Waals surface area contributed by atoms with Crippen LogP contribution in [0.25, 0.3) is 0 Å². The minimum atomic E-state index is -4.28. The van der Waals surface area contributed by atoms with Gasteiger partial charge in [-0.2, -0.15) is 0 Å². The SMILES string of the molecule is CCCCCC/C=C\C/C=C\CCCCCCCC(=O)OC(COC(=O)CCCCCCC/C=C\CCCCCC)COP(=O)(O)OCC. The first-order valence-electron chi connectivity index (χ1n) is 19.8. The fourth-order valence-electron chi connectivity index (χ4n) is 5.24. The lowest BCUT2D eigenvalue weighted by Crippen LogP contribution is -2.29. The van der Waals surface area contributed by atoms with Crippen molar-refractivity contribution in [2.45, 2.75) is 187 Å². The molecule has 0 fully saturated rings. The monoisotopic (exact) mass is 713 g/mol. The maximum atomic E-state index is 12.5. The Morgan fingerprint density at radius 1 is 0.551 bits per heavy atom. The van der Waals surface area contributed by atoms with Crippen LogP contribution in [-0.2, 0) is 32.7 Å². The second-order valence-electron chi connectivity index (χ2n) is 12.9. The summed E-state index contributed by atoms with van der Waals surface area (Å²) >= 11 is 0. The molecule has 0 aliphatic carbocycles. The third-order valence-corrected chi connectivity index (χ3v) is 9.23. The summed E-state index contributed by atoms with van der Waals surface area (Å²) in [5, 5.41) is 0. The summed E-state index contributed by atoms with van der Waals surface area (Å²) in [6, 6.07) is 0. The Morgan fingerprint density at radius 2 is 0.980 bits per heavy atom. The number of phosphoric acid groups is 1. The van der Waals surface area contributed by atoms with Gasteiger partial charge in [0.25, 0.3) is 0 Å². The van der Waals surface area contributed by atoms with E-state index in [0.717, 1.165) is 77.0 Å². The molecule has 8 nitrogen and oxygen atoms in total. The minimum Gasteiger partial charge on any atom is -0.462 e. The molecule has 0 heterocycles. The summed E-state index contributed by atoms with van der Waals surface area (Å²) in [5.41, 5.74) is 0. The Labute approximate surface area is 300 Å². The summed E-state index contributed by atoms with van der Waals surface area (Å²) in [4.78, 5) is 34.6. The van der Waals surface area contributed by atoms with Crippen molar-refractivity contribution >= 4 is 19.8 Å². The number of rotatable bonds is 36. The first kappa shape index (κ1) is 47.3. The summed E-state index contributed by atoms with van der Waals surface area (Å²) in [6.45, 7) is 5.40. The zero-order chi connectivity index (χ0) is 36.1. The van der Waals surface area contributed by atoms with Gasteiger partial charge < -0.3 is 14.4 Å². The molecule has 0 aromatic heterocycles. The number of ether oxygens (including phenoxy) is 2. The van der Waals surface area contributed by atoms with Crippen molar-refractivity contribution < 1.29 is 37.6 Å². The van der Waals surface area contributed by atoms with E-state index in [1.165, 1.54) is 64.2 Å². The predicted molar refractivity (Wildman–Crippen MR) is 202 cm³/mol. The number of carbonyl (C=O) groups is 2. The molecule has 1 N–H and O–H groups in total. The quantitative estimate of drug-likeness (QED) is 0.0296. The zero-order valence-electron chi connectivity index (χ0n) is 31.6. The molecule has 286 valence electrons. The van der Waals surface area contributed by atoms with Crippen LogP contribution in [0, 0.1) is 0 Å². The number of phosphoric ester groups is 1. The van der Waals surface area contributed by atoms with E-state index in [1.807, 2.05) is 0 Å². The summed E-state index contributed by atoms with van der Waals surface area (Å²) in [5.74, 6) is -0.824. The third kappa shape index (κ3) is 35.9. The molecule has 0 aromatic rings. The average Bonchev–Trinajstić information content (AvgIpc) is 3.07. The molecule has 0 amide bonds. The van der Waals surface area contributed by atoms with E-state index in [9.17, 15) is 19.0 Å². The van der Waals surface area contributed by atoms with Gasteiger partial charge in [-0.1, -0.05) is 127 Å². The molecular formula is C40H73O8P. The summed E-state index contributed by atoms with van der Waals surface area (Å²) in [7, 11) is -4.28. The zero-order valence-corrected chi connectivity index (χ0v) is 32.5. The van der Waals surface area contributed by atoms with Crippen LogP contribution in [0.15, 0.2) is 36.5 Å². The molecule has 0 aliphatic heterocycles. The smallest absolute Gasteiger partial charge is 0.462 e. The molecule has 0 saturated carbocycles. The molecule has 9 heteroatoms. The average molecular weight is 713 g/mol. The largest absolute Gasteiger partial charge is 0.472 e. The fourth-order valence-corrected chi connectivity index (χ4v) is 6.00. The Hall–Kier alpha value is -1.73. The third-order valence-electron chi connectivity index (χ3n) is 8.17. The van der Waals surface area contributed by atoms with Crippen molar-refractivity contribution in [1.29, 1.82) is 0 Å². The minimum absolute atomic E-state index is 0.00404. The van der Waals surface area contributed by atoms with Gasteiger partial charge in [-0.05, 0) is 77.6 Å². The lowest BCUT2D eigenvalue weighted by molar-refractivity contribution is -0.161. The molecule has 0 aromatic carbocycles. The summed E-state index contributed by atoms with van der Waals surface area (Å²) in [6.07, 6.45) is 39.0. The highest BCUT2D eigenvalue weighted by Crippen LogP contribution is 2.43. The van der Waals surface area contributed by atoms with Gasteiger partial charge in [-0.25, -0.2) is 4.57 Å². The van der Waals surface area contributed by atoms with Gasteiger partial charge in [0.1, 0.15) is 6.61 Å². The highest BCUT2D eigenvalue weighted by atomic mass is 31.2. The molecule has 0 radical (unpaired) electrons. The normalized spacial score (nSPS) is 13.8. The molecule has 0 spiro atoms. The second kappa shape index (κ2) is 36.1. The first-order chi connectivity index (χ1) is 23.8. The van der Waals surface area contributed by atoms with Crippen molar-refractivity contribution in [2.75, 3.05) is 19.8 Å². The van der Waals surface area contributed by atoms with Crippen LogP contribution in [0.3, 0.4) is 0 Å². The molecule has 0 aliphatic rings. The van der Waals surface area contributed by atoms with Crippen LogP contribution in [0.4, 0.5) is 0 Å². The maximum absolute atomic E-state index is 12.5. The van der Waals surface area contributed by atoms with Crippen molar-refractivity contribution in [1.82, 2.24) is 0 Å². The number of allylic oxidation sites excluding steroid dienone is 6. The van der Waals surface area contributed by atoms with Crippen LogP contribution in [0.2, 0.25) is 0 Å². The molecule has 2 unspecified atom stereocenters. The molecular weight excluding hydrogens is 639 g/mol. The topological polar surface area (TPSA) is 108 Å². The van der Waals surface area contributed by atoms with Crippen LogP contribution < -0.4 is 0 Å². The van der Waals surface area contributed by atoms with Crippen molar-refractivity contribution in [3.05, 3.63) is 36.5 Å². The van der Waals surface area contributed by atoms with Crippen molar-refractivity contribution in [3.8, 4) is 0 Å². The Kier molecular flexibility index (Phi) is 34.8. The second-order valence-corrected chi connectivity index (χ2v) is 14.4. The highest BCUT2D eigenvalue weighted by molar-refractivity contribution is 7.47. The maximum Gasteiger partial charge on any atom is 0.472 e. The van der Waals surface area contributed by atoms with Crippen molar-refractivity contribution in [3.63, 3.8) is 0 Å².